The molecule has 0 saturated heterocycles. The van der Waals surface area contributed by atoms with Crippen molar-refractivity contribution in [2.45, 2.75) is 44.3 Å². The normalized spacial score (nSPS) is 15.1. The van der Waals surface area contributed by atoms with E-state index in [1.807, 2.05) is 13.8 Å². The number of alkyl halides is 3. The van der Waals surface area contributed by atoms with Crippen molar-refractivity contribution in [2.75, 3.05) is 5.32 Å². The van der Waals surface area contributed by atoms with Gasteiger partial charge in [0.2, 0.25) is 5.91 Å². The van der Waals surface area contributed by atoms with Crippen molar-refractivity contribution in [3.05, 3.63) is 70.7 Å². The first-order valence-electron chi connectivity index (χ1n) is 10.4. The van der Waals surface area contributed by atoms with E-state index in [9.17, 15) is 32.3 Å². The maximum Gasteiger partial charge on any atom is 0.416 e. The highest BCUT2D eigenvalue weighted by Crippen LogP contribution is 2.50. The summed E-state index contributed by atoms with van der Waals surface area (Å²) in [6.07, 6.45) is -1.70. The van der Waals surface area contributed by atoms with Gasteiger partial charge in [-0.3, -0.25) is 4.79 Å². The molecular weight excluding hydrogens is 454 g/mol. The first-order valence-corrected chi connectivity index (χ1v) is 10.4. The Kier molecular flexibility index (Phi) is 6.81. The van der Waals surface area contributed by atoms with Crippen LogP contribution in [0.1, 0.15) is 53.7 Å². The Bertz CT molecular complexity index is 1170. The molecule has 0 radical (unpaired) electrons. The summed E-state index contributed by atoms with van der Waals surface area (Å²) in [7, 11) is 0. The number of nitrogens with one attached hydrogen (secondary N) is 3. The molecule has 180 valence electrons. The summed E-state index contributed by atoms with van der Waals surface area (Å²) < 4.78 is 53.0. The third-order valence-electron chi connectivity index (χ3n) is 5.54. The van der Waals surface area contributed by atoms with Gasteiger partial charge in [-0.2, -0.15) is 13.2 Å². The third kappa shape index (κ3) is 5.11. The summed E-state index contributed by atoms with van der Waals surface area (Å²) >= 11 is 0. The number of anilines is 1. The minimum absolute atomic E-state index is 0.0575. The van der Waals surface area contributed by atoms with E-state index in [4.69, 9.17) is 5.41 Å². The van der Waals surface area contributed by atoms with Crippen molar-refractivity contribution in [3.63, 3.8) is 0 Å². The number of carbonyl (C=O) groups excluding carboxylic acids is 1. The molecule has 4 N–H and O–H groups in total. The Morgan fingerprint density at radius 2 is 1.79 bits per heavy atom. The van der Waals surface area contributed by atoms with Gasteiger partial charge in [-0.25, -0.2) is 9.18 Å². The van der Waals surface area contributed by atoms with Gasteiger partial charge in [0, 0.05) is 35.3 Å². The van der Waals surface area contributed by atoms with E-state index in [1.54, 1.807) is 0 Å². The van der Waals surface area contributed by atoms with Gasteiger partial charge in [0.25, 0.3) is 0 Å². The van der Waals surface area contributed by atoms with E-state index in [0.717, 1.165) is 18.3 Å². The number of carboxylic acid groups (broad SMARTS) is 1. The van der Waals surface area contributed by atoms with Gasteiger partial charge in [0.1, 0.15) is 5.82 Å². The molecule has 0 spiro atoms. The van der Waals surface area contributed by atoms with Crippen LogP contribution in [0.5, 0.6) is 0 Å². The quantitative estimate of drug-likeness (QED) is 0.310. The lowest BCUT2D eigenvalue weighted by molar-refractivity contribution is -0.137. The molecule has 1 aliphatic carbocycles. The Hall–Kier alpha value is -3.69. The number of benzene rings is 2. The van der Waals surface area contributed by atoms with Gasteiger partial charge in [0.05, 0.1) is 16.5 Å². The number of halogens is 4. The van der Waals surface area contributed by atoms with Crippen molar-refractivity contribution >= 4 is 29.4 Å². The monoisotopic (exact) mass is 477 g/mol. The molecule has 1 amide bonds. The Labute approximate surface area is 193 Å². The Morgan fingerprint density at radius 3 is 2.29 bits per heavy atom. The van der Waals surface area contributed by atoms with Crippen LogP contribution >= 0.6 is 0 Å². The summed E-state index contributed by atoms with van der Waals surface area (Å²) in [5.74, 6) is -3.04. The number of rotatable bonds is 8. The molecule has 2 aromatic carbocycles. The fraction of sp³-hybridized carbons (Fsp3) is 0.292. The van der Waals surface area contributed by atoms with Gasteiger partial charge >= 0.3 is 12.1 Å². The average Bonchev–Trinajstić information content (AvgIpc) is 3.55. The van der Waals surface area contributed by atoms with Crippen LogP contribution in [-0.4, -0.2) is 29.2 Å². The molecule has 0 heterocycles. The van der Waals surface area contributed by atoms with Crippen LogP contribution in [0.25, 0.3) is 5.57 Å². The second-order valence-electron chi connectivity index (χ2n) is 8.36. The van der Waals surface area contributed by atoms with Crippen LogP contribution in [0, 0.1) is 11.2 Å². The fourth-order valence-electron chi connectivity index (χ4n) is 3.58. The zero-order chi connectivity index (χ0) is 25.3. The van der Waals surface area contributed by atoms with E-state index in [0.29, 0.717) is 11.6 Å². The first-order chi connectivity index (χ1) is 15.9. The summed E-state index contributed by atoms with van der Waals surface area (Å²) in [6.45, 7) is 3.75. The largest absolute Gasteiger partial charge is 0.478 e. The number of carboxylic acids is 1. The second kappa shape index (κ2) is 9.28. The van der Waals surface area contributed by atoms with Crippen molar-refractivity contribution in [2.24, 2.45) is 0 Å². The van der Waals surface area contributed by atoms with E-state index < -0.39 is 34.8 Å². The maximum absolute atomic E-state index is 14.5. The zero-order valence-corrected chi connectivity index (χ0v) is 18.4. The first kappa shape index (κ1) is 24.9. The Morgan fingerprint density at radius 1 is 1.12 bits per heavy atom. The predicted octanol–water partition coefficient (Wildman–Crippen LogP) is 5.20. The molecule has 34 heavy (non-hydrogen) atoms. The lowest BCUT2D eigenvalue weighted by atomic mass is 9.93. The number of carbonyl (C=O) groups is 2. The minimum Gasteiger partial charge on any atom is -0.478 e. The molecule has 0 unspecified atom stereocenters. The van der Waals surface area contributed by atoms with E-state index in [1.165, 1.54) is 24.4 Å². The van der Waals surface area contributed by atoms with Crippen LogP contribution in [0.4, 0.5) is 23.2 Å². The van der Waals surface area contributed by atoms with Gasteiger partial charge < -0.3 is 21.1 Å². The molecule has 6 nitrogen and oxygen atoms in total. The number of hydrogen-bond acceptors (Lipinski definition) is 4. The van der Waals surface area contributed by atoms with Gasteiger partial charge in [-0.05, 0) is 56.5 Å². The molecule has 1 saturated carbocycles. The maximum atomic E-state index is 14.5. The lowest BCUT2D eigenvalue weighted by Gasteiger charge is -2.18. The highest BCUT2D eigenvalue weighted by Gasteiger charge is 2.53. The Balaban J connectivity index is 1.89. The number of hydrogen-bond donors (Lipinski definition) is 4. The molecule has 1 fully saturated rings. The standard InChI is InChI=1S/C24H23F4N3O3/c1-13(2)30-12-14(11-29)17-5-4-16(10-18(17)21(32)33)31-22(34)23(7-8-23)19-6-3-15(9-20(19)25)24(26,27)28/h3-6,9-13,29-30H,7-8H2,1-2H3,(H,31,34)(H,32,33)/b14-12+,29-11?. The topological polar surface area (TPSA) is 102 Å². The molecule has 0 aliphatic heterocycles. The van der Waals surface area contributed by atoms with Gasteiger partial charge in [0.15, 0.2) is 0 Å². The summed E-state index contributed by atoms with van der Waals surface area (Å²) in [6, 6.07) is 6.25. The highest BCUT2D eigenvalue weighted by atomic mass is 19.4. The SMILES string of the molecule is CC(C)N/C=C(\C=N)c1ccc(NC(=O)C2(c3ccc(C(F)(F)F)cc3F)CC2)cc1C(=O)O. The van der Waals surface area contributed by atoms with Crippen LogP contribution in [0.3, 0.4) is 0 Å². The molecule has 10 heteroatoms. The van der Waals surface area contributed by atoms with Gasteiger partial charge in [-0.1, -0.05) is 12.1 Å². The predicted molar refractivity (Wildman–Crippen MR) is 119 cm³/mol. The molecule has 3 rings (SSSR count). The van der Waals surface area contributed by atoms with Crippen molar-refractivity contribution in [1.29, 1.82) is 5.41 Å². The molecule has 0 atom stereocenters. The summed E-state index contributed by atoms with van der Waals surface area (Å²) in [4.78, 5) is 24.8. The second-order valence-corrected chi connectivity index (χ2v) is 8.36. The number of aromatic carboxylic acids is 1. The molecule has 2 aromatic rings. The molecule has 0 bridgehead atoms. The number of allylic oxidation sites excluding steroid dienone is 1. The smallest absolute Gasteiger partial charge is 0.416 e. The fourth-order valence-corrected chi connectivity index (χ4v) is 3.58. The summed E-state index contributed by atoms with van der Waals surface area (Å²) in [5.41, 5.74) is -2.07. The number of amides is 1. The molecule has 1 aliphatic rings. The van der Waals surface area contributed by atoms with Crippen LogP contribution in [0.2, 0.25) is 0 Å². The van der Waals surface area contributed by atoms with E-state index in [-0.39, 0.29) is 41.3 Å². The minimum atomic E-state index is -4.71. The zero-order valence-electron chi connectivity index (χ0n) is 18.4. The lowest BCUT2D eigenvalue weighted by Crippen LogP contribution is -2.29. The van der Waals surface area contributed by atoms with Crippen LogP contribution < -0.4 is 10.6 Å². The molecule has 0 aromatic heterocycles. The van der Waals surface area contributed by atoms with E-state index >= 15 is 0 Å². The van der Waals surface area contributed by atoms with Crippen LogP contribution in [-0.2, 0) is 16.4 Å². The van der Waals surface area contributed by atoms with Gasteiger partial charge in [-0.15, -0.1) is 0 Å². The highest BCUT2D eigenvalue weighted by molar-refractivity contribution is 6.12. The third-order valence-corrected chi connectivity index (χ3v) is 5.54. The van der Waals surface area contributed by atoms with Crippen molar-refractivity contribution in [1.82, 2.24) is 5.32 Å². The van der Waals surface area contributed by atoms with Crippen molar-refractivity contribution < 1.29 is 32.3 Å². The molecular formula is C24H23F4N3O3. The van der Waals surface area contributed by atoms with E-state index in [2.05, 4.69) is 10.6 Å². The summed E-state index contributed by atoms with van der Waals surface area (Å²) in [5, 5.41) is 22.8. The van der Waals surface area contributed by atoms with Crippen molar-refractivity contribution in [3.8, 4) is 0 Å². The van der Waals surface area contributed by atoms with Crippen LogP contribution in [0.15, 0.2) is 42.6 Å². The average molecular weight is 477 g/mol.